The van der Waals surface area contributed by atoms with Gasteiger partial charge in [-0.3, -0.25) is 14.8 Å². The summed E-state index contributed by atoms with van der Waals surface area (Å²) in [6.45, 7) is 0.437. The van der Waals surface area contributed by atoms with Gasteiger partial charge in [-0.1, -0.05) is 42.6 Å². The molecule has 28 heavy (non-hydrogen) atoms. The fourth-order valence-electron chi connectivity index (χ4n) is 4.08. The van der Waals surface area contributed by atoms with Gasteiger partial charge in [0.1, 0.15) is 0 Å². The first kappa shape index (κ1) is 18.6. The number of halogens is 1. The van der Waals surface area contributed by atoms with Gasteiger partial charge in [0, 0.05) is 35.7 Å². The summed E-state index contributed by atoms with van der Waals surface area (Å²) in [4.78, 5) is 22.0. The van der Waals surface area contributed by atoms with Crippen molar-refractivity contribution in [2.45, 2.75) is 37.6 Å². The maximum Gasteiger partial charge on any atom is 0.230 e. The van der Waals surface area contributed by atoms with Crippen molar-refractivity contribution >= 4 is 17.5 Å². The minimum Gasteiger partial charge on any atom is -0.351 e. The smallest absolute Gasteiger partial charge is 0.230 e. The van der Waals surface area contributed by atoms with Gasteiger partial charge in [-0.25, -0.2) is 0 Å². The maximum atomic E-state index is 13.3. The van der Waals surface area contributed by atoms with Crippen LogP contribution in [0, 0.1) is 0 Å². The molecule has 0 atom stereocenters. The van der Waals surface area contributed by atoms with Crippen LogP contribution in [0.5, 0.6) is 0 Å². The van der Waals surface area contributed by atoms with E-state index in [2.05, 4.69) is 15.3 Å². The van der Waals surface area contributed by atoms with E-state index in [0.29, 0.717) is 11.6 Å². The molecule has 1 fully saturated rings. The molecule has 1 N–H and O–H groups in total. The summed E-state index contributed by atoms with van der Waals surface area (Å²) in [6.07, 6.45) is 9.14. The van der Waals surface area contributed by atoms with E-state index in [-0.39, 0.29) is 5.91 Å². The highest BCUT2D eigenvalue weighted by atomic mass is 35.5. The molecule has 1 aromatic carbocycles. The van der Waals surface area contributed by atoms with Crippen LogP contribution >= 0.6 is 11.6 Å². The van der Waals surface area contributed by atoms with Crippen molar-refractivity contribution in [1.29, 1.82) is 0 Å². The van der Waals surface area contributed by atoms with Gasteiger partial charge in [-0.15, -0.1) is 0 Å². The van der Waals surface area contributed by atoms with E-state index in [0.717, 1.165) is 48.1 Å². The second-order valence-electron chi connectivity index (χ2n) is 7.23. The van der Waals surface area contributed by atoms with Gasteiger partial charge in [0.25, 0.3) is 0 Å². The second-order valence-corrected chi connectivity index (χ2v) is 7.67. The monoisotopic (exact) mass is 391 g/mol. The molecule has 0 bridgehead atoms. The van der Waals surface area contributed by atoms with E-state index in [1.807, 2.05) is 48.5 Å². The SMILES string of the molecule is O=C(NCc1cccnc1-c1cccnc1)C1(c2ccc(Cl)cc2)CCCC1. The van der Waals surface area contributed by atoms with Crippen LogP contribution in [0.25, 0.3) is 11.3 Å². The zero-order chi connectivity index (χ0) is 19.4. The number of amides is 1. The average molecular weight is 392 g/mol. The zero-order valence-electron chi connectivity index (χ0n) is 15.6. The molecule has 0 unspecified atom stereocenters. The van der Waals surface area contributed by atoms with Crippen molar-refractivity contribution in [2.24, 2.45) is 0 Å². The largest absolute Gasteiger partial charge is 0.351 e. The lowest BCUT2D eigenvalue weighted by Crippen LogP contribution is -2.42. The Kier molecular flexibility index (Phi) is 5.40. The van der Waals surface area contributed by atoms with Crippen LogP contribution in [0.2, 0.25) is 5.02 Å². The van der Waals surface area contributed by atoms with Gasteiger partial charge >= 0.3 is 0 Å². The van der Waals surface area contributed by atoms with Crippen LogP contribution < -0.4 is 5.32 Å². The van der Waals surface area contributed by atoms with E-state index in [4.69, 9.17) is 11.6 Å². The minimum atomic E-state index is -0.471. The predicted molar refractivity (Wildman–Crippen MR) is 111 cm³/mol. The minimum absolute atomic E-state index is 0.0771. The molecule has 1 aliphatic carbocycles. The van der Waals surface area contributed by atoms with Crippen LogP contribution in [0.1, 0.15) is 36.8 Å². The summed E-state index contributed by atoms with van der Waals surface area (Å²) in [5, 5.41) is 3.86. The Balaban J connectivity index is 1.56. The Morgan fingerprint density at radius 3 is 2.50 bits per heavy atom. The molecule has 0 radical (unpaired) electrons. The summed E-state index contributed by atoms with van der Waals surface area (Å²) in [7, 11) is 0. The number of nitrogens with zero attached hydrogens (tertiary/aromatic N) is 2. The zero-order valence-corrected chi connectivity index (χ0v) is 16.3. The Hall–Kier alpha value is -2.72. The van der Waals surface area contributed by atoms with E-state index in [1.165, 1.54) is 0 Å². The topological polar surface area (TPSA) is 54.9 Å². The Morgan fingerprint density at radius 1 is 1.04 bits per heavy atom. The molecular weight excluding hydrogens is 370 g/mol. The Labute approximate surface area is 170 Å². The molecule has 2 heterocycles. The van der Waals surface area contributed by atoms with Gasteiger partial charge < -0.3 is 5.32 Å². The highest BCUT2D eigenvalue weighted by molar-refractivity contribution is 6.30. The first-order valence-electron chi connectivity index (χ1n) is 9.58. The number of aromatic nitrogens is 2. The summed E-state index contributed by atoms with van der Waals surface area (Å²) >= 11 is 6.05. The predicted octanol–water partition coefficient (Wildman–Crippen LogP) is 4.93. The van der Waals surface area contributed by atoms with Crippen LogP contribution in [-0.4, -0.2) is 15.9 Å². The van der Waals surface area contributed by atoms with Gasteiger partial charge in [-0.05, 0) is 54.3 Å². The van der Waals surface area contributed by atoms with Crippen molar-refractivity contribution in [3.63, 3.8) is 0 Å². The first-order valence-corrected chi connectivity index (χ1v) is 9.95. The van der Waals surface area contributed by atoms with Crippen molar-refractivity contribution in [3.8, 4) is 11.3 Å². The highest BCUT2D eigenvalue weighted by Crippen LogP contribution is 2.41. The molecule has 4 rings (SSSR count). The van der Waals surface area contributed by atoms with Crippen LogP contribution in [0.3, 0.4) is 0 Å². The van der Waals surface area contributed by atoms with Crippen molar-refractivity contribution in [1.82, 2.24) is 15.3 Å². The van der Waals surface area contributed by atoms with Crippen LogP contribution in [0.15, 0.2) is 67.1 Å². The fraction of sp³-hybridized carbons (Fsp3) is 0.261. The molecular formula is C23H22ClN3O. The number of pyridine rings is 2. The number of benzene rings is 1. The third-order valence-electron chi connectivity index (χ3n) is 5.55. The number of carbonyl (C=O) groups excluding carboxylic acids is 1. The molecule has 0 saturated heterocycles. The summed E-state index contributed by atoms with van der Waals surface area (Å²) < 4.78 is 0. The van der Waals surface area contributed by atoms with E-state index in [1.54, 1.807) is 18.6 Å². The lowest BCUT2D eigenvalue weighted by atomic mass is 9.78. The maximum absolute atomic E-state index is 13.3. The number of carbonyl (C=O) groups is 1. The third-order valence-corrected chi connectivity index (χ3v) is 5.81. The van der Waals surface area contributed by atoms with E-state index < -0.39 is 5.41 Å². The van der Waals surface area contributed by atoms with Crippen molar-refractivity contribution in [2.75, 3.05) is 0 Å². The Bertz CT molecular complexity index is 951. The number of nitrogens with one attached hydrogen (secondary N) is 1. The molecule has 4 nitrogen and oxygen atoms in total. The number of hydrogen-bond acceptors (Lipinski definition) is 3. The number of hydrogen-bond donors (Lipinski definition) is 1. The number of rotatable bonds is 5. The lowest BCUT2D eigenvalue weighted by molar-refractivity contribution is -0.126. The molecule has 142 valence electrons. The first-order chi connectivity index (χ1) is 13.7. The molecule has 1 amide bonds. The van der Waals surface area contributed by atoms with Crippen molar-refractivity contribution < 1.29 is 4.79 Å². The fourth-order valence-corrected chi connectivity index (χ4v) is 4.21. The van der Waals surface area contributed by atoms with Gasteiger partial charge in [-0.2, -0.15) is 0 Å². The molecule has 5 heteroatoms. The molecule has 0 spiro atoms. The molecule has 1 saturated carbocycles. The third kappa shape index (κ3) is 3.65. The summed E-state index contributed by atoms with van der Waals surface area (Å²) in [6, 6.07) is 15.5. The second kappa shape index (κ2) is 8.11. The summed E-state index contributed by atoms with van der Waals surface area (Å²) in [5.41, 5.74) is 3.35. The molecule has 3 aromatic rings. The van der Waals surface area contributed by atoms with Crippen LogP contribution in [0.4, 0.5) is 0 Å². The lowest BCUT2D eigenvalue weighted by Gasteiger charge is -2.28. The highest BCUT2D eigenvalue weighted by Gasteiger charge is 2.42. The molecule has 1 aliphatic rings. The van der Waals surface area contributed by atoms with Gasteiger partial charge in [0.15, 0.2) is 0 Å². The standard InChI is InChI=1S/C23H22ClN3O/c24-20-9-7-19(8-10-20)23(11-1-2-12-23)22(28)27-16-18-6-4-14-26-21(18)17-5-3-13-25-15-17/h3-10,13-15H,1-2,11-12,16H2,(H,27,28). The van der Waals surface area contributed by atoms with Gasteiger partial charge in [0.2, 0.25) is 5.91 Å². The average Bonchev–Trinajstić information content (AvgIpc) is 3.24. The normalized spacial score (nSPS) is 15.3. The quantitative estimate of drug-likeness (QED) is 0.671. The molecule has 2 aromatic heterocycles. The van der Waals surface area contributed by atoms with Crippen LogP contribution in [-0.2, 0) is 16.8 Å². The van der Waals surface area contributed by atoms with E-state index >= 15 is 0 Å². The molecule has 0 aliphatic heterocycles. The van der Waals surface area contributed by atoms with Crippen molar-refractivity contribution in [3.05, 3.63) is 83.3 Å². The Morgan fingerprint density at radius 2 is 1.79 bits per heavy atom. The van der Waals surface area contributed by atoms with Gasteiger partial charge in [0.05, 0.1) is 11.1 Å². The summed E-state index contributed by atoms with van der Waals surface area (Å²) in [5.74, 6) is 0.0771. The van der Waals surface area contributed by atoms with E-state index in [9.17, 15) is 4.79 Å².